The molecule has 0 saturated heterocycles. The van der Waals surface area contributed by atoms with Gasteiger partial charge >= 0.3 is 0 Å². The van der Waals surface area contributed by atoms with Crippen LogP contribution in [0.1, 0.15) is 65.2 Å². The number of halogens is 4. The highest BCUT2D eigenvalue weighted by Gasteiger charge is 2.52. The number of hydrogen-bond donors (Lipinski definition) is 0. The molecule has 248 valence electrons. The van der Waals surface area contributed by atoms with E-state index in [2.05, 4.69) is 123 Å². The molecule has 1 heterocycles. The first kappa shape index (κ1) is 32.3. The third kappa shape index (κ3) is 4.27. The molecule has 3 aliphatic rings. The van der Waals surface area contributed by atoms with Crippen molar-refractivity contribution in [2.45, 2.75) is 26.2 Å². The lowest BCUT2D eigenvalue weighted by molar-refractivity contribution is 0.0990. The first-order chi connectivity index (χ1) is 24.5. The number of carbonyl (C=O) groups is 2. The van der Waals surface area contributed by atoms with Crippen LogP contribution in [0.2, 0.25) is 20.1 Å². The third-order valence-electron chi connectivity index (χ3n) is 10.5. The topological polar surface area (TPSA) is 37.4 Å². The fourth-order valence-corrected chi connectivity index (χ4v) is 9.73. The van der Waals surface area contributed by atoms with Crippen LogP contribution < -0.4 is 4.90 Å². The van der Waals surface area contributed by atoms with E-state index < -0.39 is 17.0 Å². The largest absolute Gasteiger partial charge is 0.309 e. The van der Waals surface area contributed by atoms with Crippen molar-refractivity contribution in [2.24, 2.45) is 0 Å². The summed E-state index contributed by atoms with van der Waals surface area (Å²) in [5, 5.41) is -0.275. The number of anilines is 3. The highest BCUT2D eigenvalue weighted by Crippen LogP contribution is 2.64. The Balaban J connectivity index is 1.36. The maximum Gasteiger partial charge on any atom is 0.199 e. The van der Waals surface area contributed by atoms with Crippen LogP contribution in [0.5, 0.6) is 0 Å². The predicted molar refractivity (Wildman–Crippen MR) is 209 cm³/mol. The molecule has 7 heteroatoms. The molecule has 3 nitrogen and oxygen atoms in total. The molecule has 0 N–H and O–H groups in total. The number of nitrogens with zero attached hydrogens (tertiary/aromatic N) is 1. The van der Waals surface area contributed by atoms with E-state index in [1.165, 1.54) is 27.8 Å². The van der Waals surface area contributed by atoms with E-state index in [1.807, 2.05) is 6.07 Å². The lowest BCUT2D eigenvalue weighted by Crippen LogP contribution is -2.36. The number of carbonyl (C=O) groups excluding carboxylic acids is 2. The summed E-state index contributed by atoms with van der Waals surface area (Å²) in [6.45, 7) is 6.44. The molecule has 0 amide bonds. The van der Waals surface area contributed by atoms with E-state index in [4.69, 9.17) is 46.4 Å². The second-order valence-electron chi connectivity index (χ2n) is 13.4. The summed E-state index contributed by atoms with van der Waals surface area (Å²) in [7, 11) is 0. The van der Waals surface area contributed by atoms with Crippen LogP contribution in [0.25, 0.3) is 17.2 Å². The number of aryl methyl sites for hydroxylation is 3. The first-order valence-electron chi connectivity index (χ1n) is 16.5. The van der Waals surface area contributed by atoms with E-state index >= 15 is 0 Å². The molecule has 0 aromatic heterocycles. The molecule has 1 aliphatic heterocycles. The van der Waals surface area contributed by atoms with Crippen LogP contribution in [-0.2, 0) is 5.41 Å². The molecule has 6 aromatic rings. The van der Waals surface area contributed by atoms with Crippen molar-refractivity contribution < 1.29 is 9.59 Å². The smallest absolute Gasteiger partial charge is 0.199 e. The van der Waals surface area contributed by atoms with Crippen molar-refractivity contribution in [1.29, 1.82) is 0 Å². The average Bonchev–Trinajstić information content (AvgIpc) is 3.56. The second-order valence-corrected chi connectivity index (χ2v) is 15.0. The average molecular weight is 744 g/mol. The molecule has 0 atom stereocenters. The molecular formula is C44H27Cl4NO2. The number of fused-ring (bicyclic) bond motifs is 10. The van der Waals surface area contributed by atoms with Crippen molar-refractivity contribution in [3.8, 4) is 11.1 Å². The van der Waals surface area contributed by atoms with Gasteiger partial charge in [-0.1, -0.05) is 137 Å². The standard InChI is InChI=1S/C44H27Cl4NO2/c1-22-18-23(2)41(24(3)19-22)49-33-15-9-8-14-31(33)44(29-12-6-4-10-26(29)27-11-5-7-13-30(27)44)32-21-25(16-17-34(32)49)20-28-42(50)35-36(43(28)51)38(46)40(48)39(47)37(35)45/h4-21H,1-3H3. The summed E-state index contributed by atoms with van der Waals surface area (Å²) < 4.78 is 0. The maximum atomic E-state index is 13.9. The molecule has 51 heavy (non-hydrogen) atoms. The Labute approximate surface area is 315 Å². The van der Waals surface area contributed by atoms with Crippen LogP contribution in [0.15, 0.2) is 109 Å². The van der Waals surface area contributed by atoms with Crippen molar-refractivity contribution in [3.05, 3.63) is 184 Å². The Morgan fingerprint density at radius 1 is 0.549 bits per heavy atom. The minimum Gasteiger partial charge on any atom is -0.309 e. The third-order valence-corrected chi connectivity index (χ3v) is 12.3. The Kier molecular flexibility index (Phi) is 7.24. The van der Waals surface area contributed by atoms with E-state index in [-0.39, 0.29) is 36.8 Å². The highest BCUT2D eigenvalue weighted by atomic mass is 35.5. The van der Waals surface area contributed by atoms with E-state index in [0.29, 0.717) is 5.56 Å². The number of hydrogen-bond acceptors (Lipinski definition) is 3. The van der Waals surface area contributed by atoms with Gasteiger partial charge in [-0.05, 0) is 95.1 Å². The minimum atomic E-state index is -0.697. The number of ketones is 2. The normalized spacial score (nSPS) is 14.7. The Hall–Kier alpha value is -4.64. The van der Waals surface area contributed by atoms with Gasteiger partial charge in [0, 0.05) is 0 Å². The van der Waals surface area contributed by atoms with Gasteiger partial charge in [-0.2, -0.15) is 0 Å². The zero-order valence-corrected chi connectivity index (χ0v) is 30.7. The lowest BCUT2D eigenvalue weighted by atomic mass is 9.64. The summed E-state index contributed by atoms with van der Waals surface area (Å²) in [4.78, 5) is 30.1. The minimum absolute atomic E-state index is 0.0224. The predicted octanol–water partition coefficient (Wildman–Crippen LogP) is 12.8. The van der Waals surface area contributed by atoms with Gasteiger partial charge in [0.25, 0.3) is 0 Å². The van der Waals surface area contributed by atoms with Crippen molar-refractivity contribution in [3.63, 3.8) is 0 Å². The van der Waals surface area contributed by atoms with Gasteiger partial charge in [-0.3, -0.25) is 9.59 Å². The molecular weight excluding hydrogens is 716 g/mol. The monoisotopic (exact) mass is 741 g/mol. The van der Waals surface area contributed by atoms with Gasteiger partial charge in [0.2, 0.25) is 0 Å². The van der Waals surface area contributed by atoms with Crippen LogP contribution >= 0.6 is 46.4 Å². The van der Waals surface area contributed by atoms with E-state index in [1.54, 1.807) is 6.08 Å². The van der Waals surface area contributed by atoms with E-state index in [0.717, 1.165) is 39.3 Å². The molecule has 1 spiro atoms. The fourth-order valence-electron chi connectivity index (χ4n) is 8.71. The Morgan fingerprint density at radius 3 is 1.61 bits per heavy atom. The fraction of sp³-hybridized carbons (Fsp3) is 0.0909. The molecule has 0 bridgehead atoms. The molecule has 0 unspecified atom stereocenters. The number of rotatable bonds is 2. The van der Waals surface area contributed by atoms with Crippen LogP contribution in [0.3, 0.4) is 0 Å². The summed E-state index contributed by atoms with van der Waals surface area (Å²) in [5.41, 5.74) is 13.5. The maximum absolute atomic E-state index is 13.9. The van der Waals surface area contributed by atoms with Gasteiger partial charge in [-0.15, -0.1) is 0 Å². The van der Waals surface area contributed by atoms with Crippen LogP contribution in [0, 0.1) is 20.8 Å². The molecule has 0 fully saturated rings. The number of allylic oxidation sites excluding steroid dienone is 1. The van der Waals surface area contributed by atoms with Gasteiger partial charge in [0.1, 0.15) is 0 Å². The summed E-state index contributed by atoms with van der Waals surface area (Å²) >= 11 is 25.6. The summed E-state index contributed by atoms with van der Waals surface area (Å²) in [6, 6.07) is 36.4. The molecule has 2 aliphatic carbocycles. The van der Waals surface area contributed by atoms with Crippen LogP contribution in [-0.4, -0.2) is 11.6 Å². The van der Waals surface area contributed by atoms with Gasteiger partial charge < -0.3 is 4.90 Å². The Bertz CT molecular complexity index is 2500. The number of Topliss-reactive ketones (excluding diaryl/α,β-unsaturated/α-hetero) is 2. The van der Waals surface area contributed by atoms with Crippen molar-refractivity contribution in [2.75, 3.05) is 4.90 Å². The highest BCUT2D eigenvalue weighted by molar-refractivity contribution is 6.57. The SMILES string of the molecule is Cc1cc(C)c(N2c3ccccc3C3(c4ccccc4-c4ccccc43)c3cc(C=C4C(=O)c5c(Cl)c(Cl)c(Cl)c(Cl)c5C4=O)ccc32)c(C)c1. The molecule has 9 rings (SSSR count). The molecule has 0 saturated carbocycles. The van der Waals surface area contributed by atoms with Gasteiger partial charge in [0.05, 0.1) is 59.3 Å². The van der Waals surface area contributed by atoms with Crippen molar-refractivity contribution >= 4 is 81.1 Å². The number of benzene rings is 6. The number of para-hydroxylation sites is 1. The second kappa shape index (κ2) is 11.4. The van der Waals surface area contributed by atoms with E-state index in [9.17, 15) is 9.59 Å². The Morgan fingerprint density at radius 2 is 1.04 bits per heavy atom. The zero-order valence-electron chi connectivity index (χ0n) is 27.7. The van der Waals surface area contributed by atoms with Crippen molar-refractivity contribution in [1.82, 2.24) is 0 Å². The first-order valence-corrected chi connectivity index (χ1v) is 18.0. The molecule has 6 aromatic carbocycles. The quantitative estimate of drug-likeness (QED) is 0.0766. The van der Waals surface area contributed by atoms with Crippen LogP contribution in [0.4, 0.5) is 17.1 Å². The van der Waals surface area contributed by atoms with Gasteiger partial charge in [-0.25, -0.2) is 0 Å². The molecule has 0 radical (unpaired) electrons. The lowest BCUT2D eigenvalue weighted by Gasteiger charge is -2.46. The summed E-state index contributed by atoms with van der Waals surface area (Å²) in [6.07, 6.45) is 1.63. The summed E-state index contributed by atoms with van der Waals surface area (Å²) in [5.74, 6) is -1.08. The van der Waals surface area contributed by atoms with Gasteiger partial charge in [0.15, 0.2) is 11.6 Å². The zero-order chi connectivity index (χ0) is 35.5.